The van der Waals surface area contributed by atoms with Crippen LogP contribution in [0.25, 0.3) is 5.57 Å². The number of amides is 1. The molecule has 0 radical (unpaired) electrons. The summed E-state index contributed by atoms with van der Waals surface area (Å²) in [6.07, 6.45) is 0.107. The topological polar surface area (TPSA) is 46.3 Å². The first-order valence-electron chi connectivity index (χ1n) is 16.6. The van der Waals surface area contributed by atoms with Crippen LogP contribution in [0.15, 0.2) is 78.8 Å². The molecule has 12 heteroatoms. The van der Waals surface area contributed by atoms with Gasteiger partial charge in [-0.05, 0) is 61.9 Å². The molecule has 7 rings (SSSR count). The fraction of sp³-hybridized carbons (Fsp3) is 0.405. The Hall–Kier alpha value is -4.32. The van der Waals surface area contributed by atoms with Crippen LogP contribution in [0.1, 0.15) is 69.8 Å². The Kier molecular flexibility index (Phi) is 8.71. The Labute approximate surface area is 280 Å². The summed E-state index contributed by atoms with van der Waals surface area (Å²) in [6, 6.07) is 12.5. The van der Waals surface area contributed by atoms with Crippen molar-refractivity contribution in [2.45, 2.75) is 69.5 Å². The van der Waals surface area contributed by atoms with Gasteiger partial charge in [-0.15, -0.1) is 0 Å². The van der Waals surface area contributed by atoms with Gasteiger partial charge in [-0.25, -0.2) is 4.98 Å². The Morgan fingerprint density at radius 1 is 0.857 bits per heavy atom. The highest BCUT2D eigenvalue weighted by Crippen LogP contribution is 2.39. The summed E-state index contributed by atoms with van der Waals surface area (Å²) >= 11 is 0. The molecule has 0 unspecified atom stereocenters. The third kappa shape index (κ3) is 6.67. The van der Waals surface area contributed by atoms with Crippen molar-refractivity contribution >= 4 is 11.5 Å². The van der Waals surface area contributed by atoms with Gasteiger partial charge in [0.15, 0.2) is 0 Å². The summed E-state index contributed by atoms with van der Waals surface area (Å²) in [5, 5.41) is 0. The van der Waals surface area contributed by atoms with E-state index < -0.39 is 41.0 Å². The molecule has 5 heterocycles. The summed E-state index contributed by atoms with van der Waals surface area (Å²) in [4.78, 5) is 22.5. The third-order valence-corrected chi connectivity index (χ3v) is 10.4. The van der Waals surface area contributed by atoms with E-state index in [2.05, 4.69) is 33.3 Å². The van der Waals surface area contributed by atoms with E-state index in [-0.39, 0.29) is 18.7 Å². The Morgan fingerprint density at radius 3 is 2.22 bits per heavy atom. The van der Waals surface area contributed by atoms with Crippen LogP contribution in [0.2, 0.25) is 0 Å². The van der Waals surface area contributed by atoms with Crippen LogP contribution in [0.4, 0.5) is 26.3 Å². The Morgan fingerprint density at radius 2 is 1.55 bits per heavy atom. The van der Waals surface area contributed by atoms with Crippen molar-refractivity contribution in [3.05, 3.63) is 118 Å². The monoisotopic (exact) mass is 681 g/mol. The number of nitrogens with zero attached hydrogens (tertiary/aromatic N) is 5. The van der Waals surface area contributed by atoms with Crippen molar-refractivity contribution in [3.63, 3.8) is 0 Å². The van der Waals surface area contributed by atoms with Gasteiger partial charge in [-0.1, -0.05) is 35.9 Å². The Bertz CT molecular complexity index is 1830. The highest BCUT2D eigenvalue weighted by atomic mass is 19.4. The highest BCUT2D eigenvalue weighted by molar-refractivity contribution is 5.95. The lowest BCUT2D eigenvalue weighted by atomic mass is 9.87. The van der Waals surface area contributed by atoms with Crippen molar-refractivity contribution in [2.24, 2.45) is 7.05 Å². The quantitative estimate of drug-likeness (QED) is 0.208. The number of halogens is 6. The van der Waals surface area contributed by atoms with Crippen molar-refractivity contribution in [1.82, 2.24) is 23.9 Å². The number of carbonyl (C=O) groups is 1. The van der Waals surface area contributed by atoms with E-state index in [0.29, 0.717) is 31.4 Å². The number of imidazole rings is 1. The van der Waals surface area contributed by atoms with Gasteiger partial charge in [0.1, 0.15) is 5.82 Å². The number of carbonyl (C=O) groups excluding carboxylic acids is 1. The van der Waals surface area contributed by atoms with Gasteiger partial charge >= 0.3 is 12.4 Å². The fourth-order valence-electron chi connectivity index (χ4n) is 7.88. The smallest absolute Gasteiger partial charge is 0.354 e. The van der Waals surface area contributed by atoms with Gasteiger partial charge in [-0.3, -0.25) is 9.69 Å². The van der Waals surface area contributed by atoms with Crippen molar-refractivity contribution in [3.8, 4) is 0 Å². The molecule has 2 saturated heterocycles. The van der Waals surface area contributed by atoms with Gasteiger partial charge < -0.3 is 14.0 Å². The van der Waals surface area contributed by atoms with Crippen molar-refractivity contribution in [1.29, 1.82) is 0 Å². The zero-order valence-electron chi connectivity index (χ0n) is 27.1. The largest absolute Gasteiger partial charge is 0.416 e. The minimum Gasteiger partial charge on any atom is -0.354 e. The van der Waals surface area contributed by atoms with E-state index in [9.17, 15) is 31.1 Å². The molecule has 2 aromatic carbocycles. The van der Waals surface area contributed by atoms with Crippen LogP contribution in [0.5, 0.6) is 0 Å². The molecule has 2 fully saturated rings. The zero-order chi connectivity index (χ0) is 34.5. The van der Waals surface area contributed by atoms with Crippen LogP contribution < -0.4 is 0 Å². The molecule has 0 aliphatic carbocycles. The number of fused-ring (bicyclic) bond motifs is 2. The molecule has 3 aliphatic heterocycles. The molecule has 0 spiro atoms. The first kappa shape index (κ1) is 33.2. The number of hydrogen-bond donors (Lipinski definition) is 0. The van der Waals surface area contributed by atoms with E-state index in [0.717, 1.165) is 50.3 Å². The van der Waals surface area contributed by atoms with Gasteiger partial charge in [0.05, 0.1) is 11.1 Å². The first-order valence-corrected chi connectivity index (χ1v) is 16.6. The summed E-state index contributed by atoms with van der Waals surface area (Å²) in [7, 11) is 2.07. The lowest BCUT2D eigenvalue weighted by Gasteiger charge is -2.45. The van der Waals surface area contributed by atoms with Crippen LogP contribution >= 0.6 is 0 Å². The average Bonchev–Trinajstić information content (AvgIpc) is 3.65. The molecule has 4 aromatic rings. The molecule has 6 nitrogen and oxygen atoms in total. The molecular weight excluding hydrogens is 644 g/mol. The SMILES string of the molecule is Cn1ccc2c1CCn1ccnc1C2=C1CCN([C@@H]2CCN(C(=O)c3cc(C(F)(F)F)cc(C(F)(F)F)c3)[C@H](Cc3ccccc3)C2)CC1. The minimum absolute atomic E-state index is 0.0609. The maximum absolute atomic E-state index is 13.8. The summed E-state index contributed by atoms with van der Waals surface area (Å²) < 4.78 is 86.3. The standard InChI is InChI=1S/C37H37F6N5O/c1-45-13-10-31-32(45)11-16-47-18-12-44-34(47)33(31)25-7-14-46(15-8-25)29-9-17-48(30(23-29)19-24-5-3-2-4-6-24)35(49)26-20-27(36(38,39)40)22-28(21-26)37(41,42)43/h2-6,10,12-13,18,20-22,29-30H,7-9,11,14-17,19,23H2,1H3/t29-,30-/m1/s1. The number of likely N-dealkylation sites (tertiary alicyclic amines) is 2. The lowest BCUT2D eigenvalue weighted by molar-refractivity contribution is -0.143. The predicted molar refractivity (Wildman–Crippen MR) is 173 cm³/mol. The van der Waals surface area contributed by atoms with Crippen LogP contribution in [0.3, 0.4) is 0 Å². The highest BCUT2D eigenvalue weighted by Gasteiger charge is 2.40. The number of alkyl halides is 6. The number of piperidine rings is 2. The van der Waals surface area contributed by atoms with Gasteiger partial charge in [0.2, 0.25) is 0 Å². The summed E-state index contributed by atoms with van der Waals surface area (Å²) in [5.41, 5.74) is 2.45. The average molecular weight is 682 g/mol. The van der Waals surface area contributed by atoms with Crippen LogP contribution in [-0.2, 0) is 38.8 Å². The Balaban J connectivity index is 1.14. The maximum Gasteiger partial charge on any atom is 0.416 e. The number of rotatable bonds is 4. The molecule has 0 saturated carbocycles. The van der Waals surface area contributed by atoms with Crippen LogP contribution in [0, 0.1) is 0 Å². The van der Waals surface area contributed by atoms with E-state index in [1.807, 2.05) is 42.7 Å². The second kappa shape index (κ2) is 12.9. The van der Waals surface area contributed by atoms with Gasteiger partial charge in [0, 0.05) is 92.7 Å². The number of aromatic nitrogens is 3. The second-order valence-electron chi connectivity index (χ2n) is 13.3. The van der Waals surface area contributed by atoms with Crippen molar-refractivity contribution < 1.29 is 31.1 Å². The molecule has 0 N–H and O–H groups in total. The fourth-order valence-corrected chi connectivity index (χ4v) is 7.88. The predicted octanol–water partition coefficient (Wildman–Crippen LogP) is 7.63. The zero-order valence-corrected chi connectivity index (χ0v) is 27.1. The molecular formula is C37H37F6N5O. The summed E-state index contributed by atoms with van der Waals surface area (Å²) in [5.74, 6) is 0.176. The second-order valence-corrected chi connectivity index (χ2v) is 13.3. The summed E-state index contributed by atoms with van der Waals surface area (Å²) in [6.45, 7) is 2.71. The molecule has 49 heavy (non-hydrogen) atoms. The molecule has 1 amide bonds. The van der Waals surface area contributed by atoms with E-state index >= 15 is 0 Å². The third-order valence-electron chi connectivity index (χ3n) is 10.4. The maximum atomic E-state index is 13.8. The number of benzene rings is 2. The molecule has 258 valence electrons. The van der Waals surface area contributed by atoms with Crippen LogP contribution in [-0.4, -0.2) is 61.5 Å². The van der Waals surface area contributed by atoms with Gasteiger partial charge in [-0.2, -0.15) is 26.3 Å². The van der Waals surface area contributed by atoms with Crippen molar-refractivity contribution in [2.75, 3.05) is 19.6 Å². The van der Waals surface area contributed by atoms with Gasteiger partial charge in [0.25, 0.3) is 5.91 Å². The molecule has 0 bridgehead atoms. The normalized spacial score (nSPS) is 20.6. The van der Waals surface area contributed by atoms with E-state index in [1.165, 1.54) is 27.3 Å². The van der Waals surface area contributed by atoms with E-state index in [4.69, 9.17) is 4.98 Å². The number of hydrogen-bond acceptors (Lipinski definition) is 3. The molecule has 2 atom stereocenters. The van der Waals surface area contributed by atoms with E-state index in [1.54, 1.807) is 0 Å². The minimum atomic E-state index is -5.03. The molecule has 3 aliphatic rings. The lowest BCUT2D eigenvalue weighted by Crippen LogP contribution is -2.53. The molecule has 2 aromatic heterocycles. The first-order chi connectivity index (χ1) is 23.4. The number of aryl methyl sites for hydroxylation is 2.